The number of rotatable bonds is 3. The maximum absolute atomic E-state index is 12.4. The van der Waals surface area contributed by atoms with Crippen molar-refractivity contribution in [2.45, 2.75) is 12.8 Å². The molecule has 0 bridgehead atoms. The van der Waals surface area contributed by atoms with Gasteiger partial charge in [0.15, 0.2) is 5.75 Å². The van der Waals surface area contributed by atoms with Crippen LogP contribution in [0.25, 0.3) is 0 Å². The van der Waals surface area contributed by atoms with Crippen molar-refractivity contribution >= 4 is 0 Å². The fourth-order valence-electron chi connectivity index (χ4n) is 1.01. The molecule has 9 heteroatoms. The summed E-state index contributed by atoms with van der Waals surface area (Å²) in [6.45, 7) is 0. The molecule has 0 fully saturated rings. The lowest BCUT2D eigenvalue weighted by Crippen LogP contribution is -2.18. The van der Waals surface area contributed by atoms with E-state index in [0.717, 1.165) is 7.11 Å². The molecule has 1 aromatic heterocycles. The molecule has 0 aliphatic heterocycles. The first-order chi connectivity index (χ1) is 7.76. The first-order valence-electron chi connectivity index (χ1n) is 4.06. The van der Waals surface area contributed by atoms with Gasteiger partial charge in [-0.25, -0.2) is 13.8 Å². The van der Waals surface area contributed by atoms with Crippen molar-refractivity contribution in [3.63, 3.8) is 0 Å². The van der Waals surface area contributed by atoms with Gasteiger partial charge >= 0.3 is 6.36 Å². The van der Waals surface area contributed by atoms with Gasteiger partial charge in [-0.2, -0.15) is 0 Å². The molecule has 1 rings (SSSR count). The zero-order chi connectivity index (χ0) is 13.2. The monoisotopic (exact) mass is 259 g/mol. The first-order valence-corrected chi connectivity index (χ1v) is 4.06. The minimum absolute atomic E-state index is 0.435. The van der Waals surface area contributed by atoms with Gasteiger partial charge in [-0.3, -0.25) is 0 Å². The minimum Gasteiger partial charge on any atom is -0.501 e. The van der Waals surface area contributed by atoms with Gasteiger partial charge in [0, 0.05) is 6.20 Å². The van der Waals surface area contributed by atoms with Gasteiger partial charge in [0.1, 0.15) is 0 Å². The summed E-state index contributed by atoms with van der Waals surface area (Å²) >= 11 is 0. The van der Waals surface area contributed by atoms with E-state index in [0.29, 0.717) is 6.20 Å². The highest BCUT2D eigenvalue weighted by Crippen LogP contribution is 2.43. The molecule has 1 N–H and O–H groups in total. The van der Waals surface area contributed by atoms with E-state index in [-0.39, 0.29) is 0 Å². The number of hydrogen-bond donors (Lipinski definition) is 1. The second-order valence-electron chi connectivity index (χ2n) is 2.75. The van der Waals surface area contributed by atoms with Crippen molar-refractivity contribution in [1.82, 2.24) is 4.98 Å². The SMILES string of the molecule is COc1ncc(C(F)F)c(OC(F)(F)F)c1O. The Morgan fingerprint density at radius 2 is 1.94 bits per heavy atom. The average molecular weight is 259 g/mol. The molecule has 0 radical (unpaired) electrons. The molecule has 0 saturated heterocycles. The molecule has 4 nitrogen and oxygen atoms in total. The predicted molar refractivity (Wildman–Crippen MR) is 44.1 cm³/mol. The summed E-state index contributed by atoms with van der Waals surface area (Å²) in [7, 11) is 1.00. The number of aromatic nitrogens is 1. The minimum atomic E-state index is -5.21. The molecule has 0 aromatic carbocycles. The Morgan fingerprint density at radius 3 is 2.35 bits per heavy atom. The number of pyridine rings is 1. The zero-order valence-electron chi connectivity index (χ0n) is 8.26. The van der Waals surface area contributed by atoms with Gasteiger partial charge in [0.25, 0.3) is 12.3 Å². The Labute approximate surface area is 91.6 Å². The molecule has 0 aliphatic carbocycles. The summed E-state index contributed by atoms with van der Waals surface area (Å²) in [5.74, 6) is -3.30. The Bertz CT molecular complexity index is 407. The van der Waals surface area contributed by atoms with Crippen molar-refractivity contribution in [3.05, 3.63) is 11.8 Å². The molecule has 0 spiro atoms. The molecule has 0 aliphatic rings. The van der Waals surface area contributed by atoms with Gasteiger partial charge in [0.2, 0.25) is 5.75 Å². The number of hydrogen-bond acceptors (Lipinski definition) is 4. The summed E-state index contributed by atoms with van der Waals surface area (Å²) < 4.78 is 68.3. The predicted octanol–water partition coefficient (Wildman–Crippen LogP) is 2.63. The summed E-state index contributed by atoms with van der Waals surface area (Å²) in [6, 6.07) is 0. The Hall–Kier alpha value is -1.80. The Balaban J connectivity index is 3.30. The molecule has 1 aromatic rings. The van der Waals surface area contributed by atoms with Crippen molar-refractivity contribution in [1.29, 1.82) is 0 Å². The fourth-order valence-corrected chi connectivity index (χ4v) is 1.01. The van der Waals surface area contributed by atoms with E-state index in [1.165, 1.54) is 0 Å². The molecule has 17 heavy (non-hydrogen) atoms. The lowest BCUT2D eigenvalue weighted by atomic mass is 10.2. The van der Waals surface area contributed by atoms with Gasteiger partial charge in [-0.1, -0.05) is 0 Å². The van der Waals surface area contributed by atoms with Crippen molar-refractivity contribution in [2.75, 3.05) is 7.11 Å². The lowest BCUT2D eigenvalue weighted by molar-refractivity contribution is -0.275. The number of alkyl halides is 5. The van der Waals surface area contributed by atoms with E-state index in [4.69, 9.17) is 0 Å². The maximum atomic E-state index is 12.4. The largest absolute Gasteiger partial charge is 0.573 e. The van der Waals surface area contributed by atoms with E-state index >= 15 is 0 Å². The lowest BCUT2D eigenvalue weighted by Gasteiger charge is -2.15. The van der Waals surface area contributed by atoms with E-state index < -0.39 is 35.7 Å². The van der Waals surface area contributed by atoms with E-state index in [1.807, 2.05) is 0 Å². The van der Waals surface area contributed by atoms with Crippen LogP contribution in [-0.4, -0.2) is 23.6 Å². The first kappa shape index (κ1) is 13.3. The van der Waals surface area contributed by atoms with Crippen LogP contribution in [0.2, 0.25) is 0 Å². The second-order valence-corrected chi connectivity index (χ2v) is 2.75. The van der Waals surface area contributed by atoms with E-state index in [1.54, 1.807) is 0 Å². The highest BCUT2D eigenvalue weighted by Gasteiger charge is 2.36. The number of ether oxygens (including phenoxy) is 2. The average Bonchev–Trinajstić information content (AvgIpc) is 2.18. The van der Waals surface area contributed by atoms with Crippen LogP contribution < -0.4 is 9.47 Å². The van der Waals surface area contributed by atoms with Crippen LogP contribution in [0.5, 0.6) is 17.4 Å². The molecule has 1 heterocycles. The van der Waals surface area contributed by atoms with Crippen molar-refractivity contribution in [2.24, 2.45) is 0 Å². The van der Waals surface area contributed by atoms with Crippen LogP contribution in [-0.2, 0) is 0 Å². The molecule has 0 amide bonds. The summed E-state index contributed by atoms with van der Waals surface area (Å²) in [5, 5.41) is 9.24. The quantitative estimate of drug-likeness (QED) is 0.848. The number of nitrogens with zero attached hydrogens (tertiary/aromatic N) is 1. The van der Waals surface area contributed by atoms with Crippen LogP contribution in [0.1, 0.15) is 12.0 Å². The van der Waals surface area contributed by atoms with E-state index in [9.17, 15) is 27.1 Å². The molecular formula is C8H6F5NO3. The standard InChI is InChI=1S/C8H6F5NO3/c1-16-7-4(15)5(17-8(11,12)13)3(2-14-7)6(9)10/h2,6,15H,1H3. The van der Waals surface area contributed by atoms with E-state index in [2.05, 4.69) is 14.5 Å². The number of aromatic hydroxyl groups is 1. The molecule has 96 valence electrons. The number of methoxy groups -OCH3 is 1. The summed E-state index contributed by atoms with van der Waals surface area (Å²) in [5.41, 5.74) is -1.18. The van der Waals surface area contributed by atoms with Gasteiger partial charge in [-0.15, -0.1) is 13.2 Å². The molecule has 0 saturated carbocycles. The molecule has 0 unspecified atom stereocenters. The van der Waals surface area contributed by atoms with Gasteiger partial charge in [-0.05, 0) is 0 Å². The zero-order valence-corrected chi connectivity index (χ0v) is 8.26. The smallest absolute Gasteiger partial charge is 0.501 e. The summed E-state index contributed by atoms with van der Waals surface area (Å²) in [6.07, 6.45) is -8.06. The topological polar surface area (TPSA) is 51.6 Å². The highest BCUT2D eigenvalue weighted by molar-refractivity contribution is 5.51. The summed E-state index contributed by atoms with van der Waals surface area (Å²) in [4.78, 5) is 3.21. The Kier molecular flexibility index (Phi) is 3.59. The van der Waals surface area contributed by atoms with Crippen LogP contribution in [0, 0.1) is 0 Å². The van der Waals surface area contributed by atoms with Crippen LogP contribution in [0.15, 0.2) is 6.20 Å². The molecule has 0 atom stereocenters. The molecular weight excluding hydrogens is 253 g/mol. The maximum Gasteiger partial charge on any atom is 0.573 e. The van der Waals surface area contributed by atoms with Crippen molar-refractivity contribution < 1.29 is 36.5 Å². The van der Waals surface area contributed by atoms with Crippen LogP contribution in [0.3, 0.4) is 0 Å². The third-order valence-corrected chi connectivity index (χ3v) is 1.65. The third-order valence-electron chi connectivity index (χ3n) is 1.65. The Morgan fingerprint density at radius 1 is 1.35 bits per heavy atom. The highest BCUT2D eigenvalue weighted by atomic mass is 19.4. The van der Waals surface area contributed by atoms with Gasteiger partial charge < -0.3 is 14.6 Å². The van der Waals surface area contributed by atoms with Crippen molar-refractivity contribution in [3.8, 4) is 17.4 Å². The third kappa shape index (κ3) is 3.08. The van der Waals surface area contributed by atoms with Gasteiger partial charge in [0.05, 0.1) is 12.7 Å². The number of halogens is 5. The second kappa shape index (κ2) is 4.60. The van der Waals surface area contributed by atoms with Crippen LogP contribution >= 0.6 is 0 Å². The fraction of sp³-hybridized carbons (Fsp3) is 0.375. The van der Waals surface area contributed by atoms with Crippen LogP contribution in [0.4, 0.5) is 22.0 Å². The normalized spacial score (nSPS) is 11.7.